The van der Waals surface area contributed by atoms with Crippen molar-refractivity contribution in [2.45, 2.75) is 45.4 Å². The van der Waals surface area contributed by atoms with Crippen molar-refractivity contribution in [1.29, 1.82) is 0 Å². The Morgan fingerprint density at radius 3 is 2.24 bits per heavy atom. The molecular weight excluding hydrogens is 310 g/mol. The van der Waals surface area contributed by atoms with E-state index < -0.39 is 0 Å². The Balaban J connectivity index is 1.61. The van der Waals surface area contributed by atoms with Gasteiger partial charge in [-0.1, -0.05) is 51.2 Å². The van der Waals surface area contributed by atoms with Gasteiger partial charge in [-0.15, -0.1) is 0 Å². The van der Waals surface area contributed by atoms with E-state index in [0.29, 0.717) is 5.56 Å². The second-order valence-corrected chi connectivity index (χ2v) is 6.44. The third kappa shape index (κ3) is 4.53. The molecule has 3 aromatic rings. The van der Waals surface area contributed by atoms with Gasteiger partial charge in [0.05, 0.1) is 22.1 Å². The van der Waals surface area contributed by atoms with Crippen LogP contribution in [0, 0.1) is 0 Å². The monoisotopic (exact) mass is 335 g/mol. The molecule has 1 aromatic heterocycles. The first kappa shape index (κ1) is 17.3. The number of amides is 1. The highest BCUT2D eigenvalue weighted by molar-refractivity contribution is 5.98. The summed E-state index contributed by atoms with van der Waals surface area (Å²) in [5.41, 5.74) is 3.93. The minimum absolute atomic E-state index is 0.0367. The summed E-state index contributed by atoms with van der Waals surface area (Å²) in [6, 6.07) is 13.3. The highest BCUT2D eigenvalue weighted by Gasteiger charge is 2.08. The van der Waals surface area contributed by atoms with Gasteiger partial charge in [0.2, 0.25) is 0 Å². The summed E-state index contributed by atoms with van der Waals surface area (Å²) in [5.74, 6) is -0.0367. The first-order valence-electron chi connectivity index (χ1n) is 9.22. The molecule has 0 saturated carbocycles. The number of carbonyl (C=O) groups excluding carboxylic acids is 1. The fourth-order valence-corrected chi connectivity index (χ4v) is 2.97. The Morgan fingerprint density at radius 2 is 1.48 bits per heavy atom. The zero-order chi connectivity index (χ0) is 17.5. The molecule has 0 saturated heterocycles. The second-order valence-electron chi connectivity index (χ2n) is 6.44. The lowest BCUT2D eigenvalue weighted by molar-refractivity contribution is 0.0953. The van der Waals surface area contributed by atoms with Gasteiger partial charge in [-0.05, 0) is 36.8 Å². The summed E-state index contributed by atoms with van der Waals surface area (Å²) in [4.78, 5) is 21.5. The number of hydrogen-bond acceptors (Lipinski definition) is 3. The van der Waals surface area contributed by atoms with Gasteiger partial charge in [-0.3, -0.25) is 4.79 Å². The molecule has 2 aromatic carbocycles. The standard InChI is InChI=1S/C21H25N3O/c1-2-3-4-5-6-9-14-22-21(25)16-12-13-19-20(15-16)24-18-11-8-7-10-17(18)23-19/h7-8,10-13,15H,2-6,9,14H2,1H3,(H,22,25). The molecule has 4 nitrogen and oxygen atoms in total. The summed E-state index contributed by atoms with van der Waals surface area (Å²) in [6.07, 6.45) is 7.32. The predicted molar refractivity (Wildman–Crippen MR) is 103 cm³/mol. The lowest BCUT2D eigenvalue weighted by Crippen LogP contribution is -2.24. The van der Waals surface area contributed by atoms with Gasteiger partial charge in [-0.2, -0.15) is 0 Å². The molecule has 4 heteroatoms. The molecule has 3 rings (SSSR count). The zero-order valence-electron chi connectivity index (χ0n) is 14.8. The summed E-state index contributed by atoms with van der Waals surface area (Å²) in [5, 5.41) is 3.00. The van der Waals surface area contributed by atoms with Crippen LogP contribution in [0.5, 0.6) is 0 Å². The van der Waals surface area contributed by atoms with Crippen LogP contribution in [0.2, 0.25) is 0 Å². The second kappa shape index (κ2) is 8.56. The molecule has 0 aliphatic rings. The molecule has 0 aliphatic heterocycles. The molecule has 1 heterocycles. The number of nitrogens with one attached hydrogen (secondary N) is 1. The Kier molecular flexibility index (Phi) is 5.94. The molecule has 0 unspecified atom stereocenters. The third-order valence-electron chi connectivity index (χ3n) is 4.42. The summed E-state index contributed by atoms with van der Waals surface area (Å²) < 4.78 is 0. The van der Waals surface area contributed by atoms with Crippen LogP contribution in [0.4, 0.5) is 0 Å². The van der Waals surface area contributed by atoms with E-state index in [9.17, 15) is 4.79 Å². The Morgan fingerprint density at radius 1 is 0.840 bits per heavy atom. The van der Waals surface area contributed by atoms with E-state index in [0.717, 1.165) is 35.0 Å². The number of unbranched alkanes of at least 4 members (excludes halogenated alkanes) is 5. The normalized spacial score (nSPS) is 11.1. The van der Waals surface area contributed by atoms with Gasteiger partial charge in [0.25, 0.3) is 5.91 Å². The largest absolute Gasteiger partial charge is 0.352 e. The summed E-state index contributed by atoms with van der Waals surface area (Å²) in [6.45, 7) is 2.95. The van der Waals surface area contributed by atoms with E-state index in [1.807, 2.05) is 42.5 Å². The van der Waals surface area contributed by atoms with Crippen LogP contribution in [0.1, 0.15) is 55.8 Å². The molecule has 1 amide bonds. The molecule has 0 radical (unpaired) electrons. The van der Waals surface area contributed by atoms with Gasteiger partial charge in [-0.25, -0.2) is 9.97 Å². The molecule has 1 N–H and O–H groups in total. The van der Waals surface area contributed by atoms with Crippen LogP contribution in [0.15, 0.2) is 42.5 Å². The van der Waals surface area contributed by atoms with Crippen LogP contribution in [-0.2, 0) is 0 Å². The molecule has 0 bridgehead atoms. The minimum Gasteiger partial charge on any atom is -0.352 e. The quantitative estimate of drug-likeness (QED) is 0.472. The van der Waals surface area contributed by atoms with Crippen molar-refractivity contribution in [1.82, 2.24) is 15.3 Å². The molecule has 0 spiro atoms. The van der Waals surface area contributed by atoms with Crippen molar-refractivity contribution < 1.29 is 4.79 Å². The Hall–Kier alpha value is -2.49. The SMILES string of the molecule is CCCCCCCCNC(=O)c1ccc2nc3ccccc3nc2c1. The number of hydrogen-bond donors (Lipinski definition) is 1. The molecule has 25 heavy (non-hydrogen) atoms. The third-order valence-corrected chi connectivity index (χ3v) is 4.42. The number of aromatic nitrogens is 2. The number of rotatable bonds is 8. The van der Waals surface area contributed by atoms with Crippen molar-refractivity contribution in [3.63, 3.8) is 0 Å². The van der Waals surface area contributed by atoms with E-state index in [1.165, 1.54) is 32.1 Å². The Labute approximate surface area is 148 Å². The molecule has 0 aliphatic carbocycles. The Bertz CT molecular complexity index is 860. The van der Waals surface area contributed by atoms with E-state index in [4.69, 9.17) is 0 Å². The molecule has 0 atom stereocenters. The van der Waals surface area contributed by atoms with Gasteiger partial charge in [0.15, 0.2) is 0 Å². The summed E-state index contributed by atoms with van der Waals surface area (Å²) in [7, 11) is 0. The fraction of sp³-hybridized carbons (Fsp3) is 0.381. The van der Waals surface area contributed by atoms with Gasteiger partial charge < -0.3 is 5.32 Å². The average molecular weight is 335 g/mol. The number of para-hydroxylation sites is 2. The van der Waals surface area contributed by atoms with Crippen LogP contribution >= 0.6 is 0 Å². The van der Waals surface area contributed by atoms with Crippen molar-refractivity contribution in [3.05, 3.63) is 48.0 Å². The van der Waals surface area contributed by atoms with Crippen molar-refractivity contribution >= 4 is 28.0 Å². The topological polar surface area (TPSA) is 54.9 Å². The van der Waals surface area contributed by atoms with Crippen molar-refractivity contribution in [3.8, 4) is 0 Å². The maximum atomic E-state index is 12.3. The predicted octanol–water partition coefficient (Wildman–Crippen LogP) is 4.87. The molecule has 0 fully saturated rings. The van der Waals surface area contributed by atoms with Crippen LogP contribution in [-0.4, -0.2) is 22.4 Å². The van der Waals surface area contributed by atoms with E-state index in [1.54, 1.807) is 0 Å². The van der Waals surface area contributed by atoms with Crippen LogP contribution in [0.3, 0.4) is 0 Å². The average Bonchev–Trinajstić information content (AvgIpc) is 2.65. The zero-order valence-corrected chi connectivity index (χ0v) is 14.8. The van der Waals surface area contributed by atoms with Crippen molar-refractivity contribution in [2.24, 2.45) is 0 Å². The maximum absolute atomic E-state index is 12.3. The lowest BCUT2D eigenvalue weighted by atomic mass is 10.1. The highest BCUT2D eigenvalue weighted by Crippen LogP contribution is 2.17. The number of fused-ring (bicyclic) bond motifs is 2. The van der Waals surface area contributed by atoms with Gasteiger partial charge in [0, 0.05) is 12.1 Å². The van der Waals surface area contributed by atoms with Crippen LogP contribution < -0.4 is 5.32 Å². The summed E-state index contributed by atoms with van der Waals surface area (Å²) >= 11 is 0. The molecule has 130 valence electrons. The van der Waals surface area contributed by atoms with Gasteiger partial charge >= 0.3 is 0 Å². The minimum atomic E-state index is -0.0367. The smallest absolute Gasteiger partial charge is 0.251 e. The fourth-order valence-electron chi connectivity index (χ4n) is 2.97. The first-order chi connectivity index (χ1) is 12.3. The number of benzene rings is 2. The van der Waals surface area contributed by atoms with Crippen molar-refractivity contribution in [2.75, 3.05) is 6.54 Å². The van der Waals surface area contributed by atoms with E-state index >= 15 is 0 Å². The van der Waals surface area contributed by atoms with Crippen LogP contribution in [0.25, 0.3) is 22.1 Å². The highest BCUT2D eigenvalue weighted by atomic mass is 16.1. The number of nitrogens with zero attached hydrogens (tertiary/aromatic N) is 2. The van der Waals surface area contributed by atoms with E-state index in [-0.39, 0.29) is 5.91 Å². The van der Waals surface area contributed by atoms with Gasteiger partial charge in [0.1, 0.15) is 0 Å². The maximum Gasteiger partial charge on any atom is 0.251 e. The first-order valence-corrected chi connectivity index (χ1v) is 9.22. The lowest BCUT2D eigenvalue weighted by Gasteiger charge is -2.07. The van der Waals surface area contributed by atoms with E-state index in [2.05, 4.69) is 22.2 Å². The number of carbonyl (C=O) groups is 1. The molecular formula is C21H25N3O.